The van der Waals surface area contributed by atoms with E-state index in [9.17, 15) is 4.79 Å². The first-order valence-electron chi connectivity index (χ1n) is 4.60. The van der Waals surface area contributed by atoms with E-state index < -0.39 is 5.97 Å². The topological polar surface area (TPSA) is 59.4 Å². The molecule has 0 aliphatic carbocycles. The molecule has 0 unspecified atom stereocenters. The van der Waals surface area contributed by atoms with Crippen LogP contribution in [0.3, 0.4) is 0 Å². The third-order valence-electron chi connectivity index (χ3n) is 2.30. The molecule has 2 aromatic rings. The number of rotatable bonds is 2. The molecule has 6 heteroatoms. The normalized spacial score (nSPS) is 10.5. The van der Waals surface area contributed by atoms with Crippen molar-refractivity contribution in [3.63, 3.8) is 0 Å². The molecule has 0 bridgehead atoms. The fourth-order valence-electron chi connectivity index (χ4n) is 1.48. The third-order valence-corrected chi connectivity index (χ3v) is 2.96. The maximum atomic E-state index is 11.0. The summed E-state index contributed by atoms with van der Waals surface area (Å²) in [5.41, 5.74) is 0.319. The summed E-state index contributed by atoms with van der Waals surface area (Å²) in [6.45, 7) is 0. The Hall–Kier alpha value is -1.52. The first kappa shape index (κ1) is 12.0. The molecule has 2 rings (SSSR count). The Morgan fingerprint density at radius 2 is 2.12 bits per heavy atom. The van der Waals surface area contributed by atoms with Crippen LogP contribution in [0.5, 0.6) is 5.75 Å². The molecule has 0 saturated carbocycles. The number of halogens is 2. The number of carbonyl (C=O) groups is 1. The number of fused-ring (bicyclic) bond motifs is 1. The molecule has 0 radical (unpaired) electrons. The van der Waals surface area contributed by atoms with E-state index >= 15 is 0 Å². The maximum absolute atomic E-state index is 11.0. The highest BCUT2D eigenvalue weighted by Crippen LogP contribution is 2.32. The monoisotopic (exact) mass is 271 g/mol. The van der Waals surface area contributed by atoms with Crippen molar-refractivity contribution < 1.29 is 14.6 Å². The zero-order valence-corrected chi connectivity index (χ0v) is 10.2. The van der Waals surface area contributed by atoms with Crippen LogP contribution in [-0.4, -0.2) is 23.2 Å². The van der Waals surface area contributed by atoms with Crippen molar-refractivity contribution in [3.05, 3.63) is 33.9 Å². The van der Waals surface area contributed by atoms with Gasteiger partial charge in [0.05, 0.1) is 17.6 Å². The fourth-order valence-corrected chi connectivity index (χ4v) is 2.12. The quantitative estimate of drug-likeness (QED) is 0.852. The predicted octanol–water partition coefficient (Wildman–Crippen LogP) is 3.25. The number of hydrogen-bond donors (Lipinski definition) is 1. The lowest BCUT2D eigenvalue weighted by atomic mass is 10.1. The second-order valence-electron chi connectivity index (χ2n) is 3.28. The molecular formula is C11H7Cl2NO3. The standard InChI is InChI=1S/C11H7Cl2NO3/c1-17-5-2-3-7-6(4-5)9(12)8(11(15)16)10(13)14-7/h2-4H,1H3,(H,15,16). The van der Waals surface area contributed by atoms with Crippen molar-refractivity contribution in [2.45, 2.75) is 0 Å². The zero-order valence-electron chi connectivity index (χ0n) is 8.70. The third kappa shape index (κ3) is 2.01. The minimum absolute atomic E-state index is 0.0615. The van der Waals surface area contributed by atoms with Crippen LogP contribution in [0.4, 0.5) is 0 Å². The molecule has 1 aromatic carbocycles. The predicted molar refractivity (Wildman–Crippen MR) is 65.3 cm³/mol. The van der Waals surface area contributed by atoms with Crippen LogP contribution in [0, 0.1) is 0 Å². The van der Waals surface area contributed by atoms with E-state index in [-0.39, 0.29) is 15.7 Å². The van der Waals surface area contributed by atoms with E-state index in [1.54, 1.807) is 18.2 Å². The van der Waals surface area contributed by atoms with Crippen molar-refractivity contribution in [2.75, 3.05) is 7.11 Å². The van der Waals surface area contributed by atoms with Crippen LogP contribution in [-0.2, 0) is 0 Å². The summed E-state index contributed by atoms with van der Waals surface area (Å²) in [5, 5.41) is 9.42. The summed E-state index contributed by atoms with van der Waals surface area (Å²) in [6, 6.07) is 4.98. The van der Waals surface area contributed by atoms with Crippen LogP contribution >= 0.6 is 23.2 Å². The number of hydrogen-bond acceptors (Lipinski definition) is 3. The molecule has 0 aliphatic heterocycles. The van der Waals surface area contributed by atoms with E-state index in [1.165, 1.54) is 7.11 Å². The smallest absolute Gasteiger partial charge is 0.340 e. The molecular weight excluding hydrogens is 265 g/mol. The van der Waals surface area contributed by atoms with Gasteiger partial charge < -0.3 is 9.84 Å². The molecule has 0 spiro atoms. The van der Waals surface area contributed by atoms with Gasteiger partial charge in [-0.2, -0.15) is 0 Å². The van der Waals surface area contributed by atoms with Crippen LogP contribution in [0.2, 0.25) is 10.2 Å². The molecule has 0 atom stereocenters. The average Bonchev–Trinajstić information content (AvgIpc) is 2.28. The van der Waals surface area contributed by atoms with Gasteiger partial charge in [0.1, 0.15) is 16.5 Å². The Labute approximate surface area is 107 Å². The summed E-state index contributed by atoms with van der Waals surface area (Å²) in [6.07, 6.45) is 0. The number of carboxylic acid groups (broad SMARTS) is 1. The number of methoxy groups -OCH3 is 1. The Bertz CT molecular complexity index is 613. The van der Waals surface area contributed by atoms with Crippen molar-refractivity contribution in [2.24, 2.45) is 0 Å². The molecule has 1 aromatic heterocycles. The van der Waals surface area contributed by atoms with Crippen molar-refractivity contribution in [3.8, 4) is 5.75 Å². The highest BCUT2D eigenvalue weighted by Gasteiger charge is 2.18. The highest BCUT2D eigenvalue weighted by atomic mass is 35.5. The van der Waals surface area contributed by atoms with Gasteiger partial charge in [-0.3, -0.25) is 0 Å². The number of carboxylic acids is 1. The van der Waals surface area contributed by atoms with Gasteiger partial charge in [0, 0.05) is 5.39 Å². The fraction of sp³-hybridized carbons (Fsp3) is 0.0909. The maximum Gasteiger partial charge on any atom is 0.340 e. The number of benzene rings is 1. The number of aromatic nitrogens is 1. The molecule has 0 saturated heterocycles. The molecule has 0 fully saturated rings. The van der Waals surface area contributed by atoms with Gasteiger partial charge in [-0.15, -0.1) is 0 Å². The lowest BCUT2D eigenvalue weighted by molar-refractivity contribution is 0.0697. The van der Waals surface area contributed by atoms with E-state index in [0.29, 0.717) is 16.7 Å². The first-order valence-corrected chi connectivity index (χ1v) is 5.36. The minimum atomic E-state index is -1.21. The summed E-state index contributed by atoms with van der Waals surface area (Å²) in [4.78, 5) is 15.0. The Morgan fingerprint density at radius 1 is 1.41 bits per heavy atom. The molecule has 0 aliphatic rings. The van der Waals surface area contributed by atoms with Crippen LogP contribution in [0.1, 0.15) is 10.4 Å². The van der Waals surface area contributed by atoms with Gasteiger partial charge in [0.2, 0.25) is 0 Å². The highest BCUT2D eigenvalue weighted by molar-refractivity contribution is 6.42. The van der Waals surface area contributed by atoms with Crippen LogP contribution in [0.15, 0.2) is 18.2 Å². The minimum Gasteiger partial charge on any atom is -0.497 e. The lowest BCUT2D eigenvalue weighted by Crippen LogP contribution is -2.01. The number of nitrogens with zero attached hydrogens (tertiary/aromatic N) is 1. The SMILES string of the molecule is COc1ccc2nc(Cl)c(C(=O)O)c(Cl)c2c1. The van der Waals surface area contributed by atoms with Crippen molar-refractivity contribution in [1.82, 2.24) is 4.98 Å². The van der Waals surface area contributed by atoms with Gasteiger partial charge >= 0.3 is 5.97 Å². The van der Waals surface area contributed by atoms with Gasteiger partial charge in [-0.05, 0) is 18.2 Å². The van der Waals surface area contributed by atoms with Crippen LogP contribution < -0.4 is 4.74 Å². The van der Waals surface area contributed by atoms with E-state index in [4.69, 9.17) is 33.0 Å². The summed E-state index contributed by atoms with van der Waals surface area (Å²) in [7, 11) is 1.51. The molecule has 17 heavy (non-hydrogen) atoms. The van der Waals surface area contributed by atoms with Gasteiger partial charge in [-0.1, -0.05) is 23.2 Å². The van der Waals surface area contributed by atoms with E-state index in [0.717, 1.165) is 0 Å². The second-order valence-corrected chi connectivity index (χ2v) is 4.02. The summed E-state index contributed by atoms with van der Waals surface area (Å²) in [5.74, 6) is -0.642. The number of aromatic carboxylic acids is 1. The van der Waals surface area contributed by atoms with Crippen molar-refractivity contribution >= 4 is 40.1 Å². The van der Waals surface area contributed by atoms with Crippen LogP contribution in [0.25, 0.3) is 10.9 Å². The summed E-state index contributed by atoms with van der Waals surface area (Å²) >= 11 is 11.8. The van der Waals surface area contributed by atoms with Crippen molar-refractivity contribution in [1.29, 1.82) is 0 Å². The Balaban J connectivity index is 2.83. The number of pyridine rings is 1. The molecule has 1 heterocycles. The van der Waals surface area contributed by atoms with Gasteiger partial charge in [0.25, 0.3) is 0 Å². The number of ether oxygens (including phenoxy) is 1. The molecule has 88 valence electrons. The second kappa shape index (κ2) is 4.39. The zero-order chi connectivity index (χ0) is 12.6. The molecule has 0 amide bonds. The average molecular weight is 272 g/mol. The lowest BCUT2D eigenvalue weighted by Gasteiger charge is -2.07. The Kier molecular flexibility index (Phi) is 3.09. The van der Waals surface area contributed by atoms with Gasteiger partial charge in [-0.25, -0.2) is 9.78 Å². The first-order chi connectivity index (χ1) is 8.04. The van der Waals surface area contributed by atoms with Gasteiger partial charge in [0.15, 0.2) is 0 Å². The largest absolute Gasteiger partial charge is 0.497 e. The summed E-state index contributed by atoms with van der Waals surface area (Å²) < 4.78 is 5.04. The van der Waals surface area contributed by atoms with E-state index in [2.05, 4.69) is 4.98 Å². The molecule has 1 N–H and O–H groups in total. The molecule has 4 nitrogen and oxygen atoms in total. The Morgan fingerprint density at radius 3 is 2.71 bits per heavy atom. The van der Waals surface area contributed by atoms with E-state index in [1.807, 2.05) is 0 Å².